The molecule has 0 radical (unpaired) electrons. The number of aliphatic hydroxyl groups is 1. The summed E-state index contributed by atoms with van der Waals surface area (Å²) in [6, 6.07) is 0. The van der Waals surface area contributed by atoms with Crippen LogP contribution in [0.5, 0.6) is 0 Å². The molecule has 0 saturated carbocycles. The molecule has 0 rings (SSSR count). The zero-order valence-corrected chi connectivity index (χ0v) is 6.38. The van der Waals surface area contributed by atoms with Crippen molar-refractivity contribution < 1.29 is 5.11 Å². The van der Waals surface area contributed by atoms with Crippen molar-refractivity contribution in [3.8, 4) is 0 Å². The van der Waals surface area contributed by atoms with Crippen LogP contribution in [0.4, 0.5) is 0 Å². The molecule has 0 atom stereocenters. The summed E-state index contributed by atoms with van der Waals surface area (Å²) in [7, 11) is 0. The van der Waals surface area contributed by atoms with Gasteiger partial charge in [0.05, 0.1) is 6.17 Å². The average Bonchev–Trinajstić information content (AvgIpc) is 1.85. The van der Waals surface area contributed by atoms with Crippen molar-refractivity contribution in [3.05, 3.63) is 11.6 Å². The Morgan fingerprint density at radius 2 is 2.20 bits per heavy atom. The second-order valence-corrected chi connectivity index (χ2v) is 2.42. The minimum absolute atomic E-state index is 0.197. The molecule has 3 nitrogen and oxygen atoms in total. The van der Waals surface area contributed by atoms with Gasteiger partial charge in [0.1, 0.15) is 0 Å². The third-order valence-electron chi connectivity index (χ3n) is 1.24. The number of rotatable bonds is 4. The molecule has 0 heterocycles. The lowest BCUT2D eigenvalue weighted by Gasteiger charge is -2.01. The summed E-state index contributed by atoms with van der Waals surface area (Å²) < 4.78 is 0. The predicted octanol–water partition coefficient (Wildman–Crippen LogP) is -0.0513. The Morgan fingerprint density at radius 3 is 2.60 bits per heavy atom. The molecule has 10 heavy (non-hydrogen) atoms. The molecular weight excluding hydrogens is 128 g/mol. The Kier molecular flexibility index (Phi) is 5.20. The first-order valence-electron chi connectivity index (χ1n) is 3.44. The van der Waals surface area contributed by atoms with Gasteiger partial charge in [0, 0.05) is 6.61 Å². The van der Waals surface area contributed by atoms with E-state index in [-0.39, 0.29) is 12.8 Å². The lowest BCUT2D eigenvalue weighted by molar-refractivity contribution is 0.299. The number of aliphatic hydroxyl groups excluding tert-OH is 1. The molecule has 0 aliphatic heterocycles. The highest BCUT2D eigenvalue weighted by molar-refractivity contribution is 4.98. The molecule has 0 saturated heterocycles. The summed E-state index contributed by atoms with van der Waals surface area (Å²) in [4.78, 5) is 0. The van der Waals surface area contributed by atoms with Gasteiger partial charge in [-0.25, -0.2) is 0 Å². The first kappa shape index (κ1) is 9.62. The summed E-state index contributed by atoms with van der Waals surface area (Å²) in [6.07, 6.45) is 3.09. The van der Waals surface area contributed by atoms with E-state index in [1.807, 2.05) is 13.0 Å². The maximum atomic E-state index is 8.50. The molecule has 0 bridgehead atoms. The number of nitrogens with two attached hydrogens (primary N) is 2. The monoisotopic (exact) mass is 144 g/mol. The Balaban J connectivity index is 3.47. The second-order valence-electron chi connectivity index (χ2n) is 2.42. The SMILES string of the molecule is CC(=CCC(N)N)CCO. The minimum atomic E-state index is -0.270. The molecular formula is C7H16N2O. The van der Waals surface area contributed by atoms with Crippen LogP contribution in [0.2, 0.25) is 0 Å². The van der Waals surface area contributed by atoms with Crippen molar-refractivity contribution in [1.29, 1.82) is 0 Å². The zero-order valence-electron chi connectivity index (χ0n) is 6.38. The van der Waals surface area contributed by atoms with Crippen molar-refractivity contribution in [2.45, 2.75) is 25.9 Å². The molecule has 0 unspecified atom stereocenters. The smallest absolute Gasteiger partial charge is 0.0556 e. The Hall–Kier alpha value is -0.380. The van der Waals surface area contributed by atoms with Gasteiger partial charge in [-0.15, -0.1) is 0 Å². The maximum absolute atomic E-state index is 8.50. The van der Waals surface area contributed by atoms with E-state index >= 15 is 0 Å². The largest absolute Gasteiger partial charge is 0.396 e. The Labute approximate surface area is 61.7 Å². The molecule has 0 aromatic heterocycles. The van der Waals surface area contributed by atoms with E-state index in [4.69, 9.17) is 16.6 Å². The lowest BCUT2D eigenvalue weighted by atomic mass is 10.2. The van der Waals surface area contributed by atoms with Gasteiger partial charge in [0.2, 0.25) is 0 Å². The fourth-order valence-electron chi connectivity index (χ4n) is 0.616. The minimum Gasteiger partial charge on any atom is -0.396 e. The van der Waals surface area contributed by atoms with Crippen LogP contribution in [0.15, 0.2) is 11.6 Å². The van der Waals surface area contributed by atoms with Gasteiger partial charge < -0.3 is 16.6 Å². The van der Waals surface area contributed by atoms with Gasteiger partial charge in [-0.1, -0.05) is 11.6 Å². The molecule has 60 valence electrons. The van der Waals surface area contributed by atoms with E-state index in [0.29, 0.717) is 12.8 Å². The first-order valence-corrected chi connectivity index (χ1v) is 3.44. The second kappa shape index (κ2) is 5.41. The highest BCUT2D eigenvalue weighted by Crippen LogP contribution is 1.99. The van der Waals surface area contributed by atoms with Crippen LogP contribution >= 0.6 is 0 Å². The van der Waals surface area contributed by atoms with Crippen LogP contribution in [0.3, 0.4) is 0 Å². The quantitative estimate of drug-likeness (QED) is 0.382. The summed E-state index contributed by atoms with van der Waals surface area (Å²) in [5, 5.41) is 8.50. The molecule has 0 aromatic carbocycles. The van der Waals surface area contributed by atoms with Crippen molar-refractivity contribution in [3.63, 3.8) is 0 Å². The number of hydrogen-bond donors (Lipinski definition) is 3. The van der Waals surface area contributed by atoms with Gasteiger partial charge in [-0.05, 0) is 19.8 Å². The van der Waals surface area contributed by atoms with Crippen LogP contribution in [-0.2, 0) is 0 Å². The van der Waals surface area contributed by atoms with Gasteiger partial charge in [0.25, 0.3) is 0 Å². The van der Waals surface area contributed by atoms with Crippen LogP contribution < -0.4 is 11.5 Å². The van der Waals surface area contributed by atoms with Gasteiger partial charge >= 0.3 is 0 Å². The summed E-state index contributed by atoms with van der Waals surface area (Å²) in [5.74, 6) is 0. The highest BCUT2D eigenvalue weighted by Gasteiger charge is 1.91. The third kappa shape index (κ3) is 5.75. The summed E-state index contributed by atoms with van der Waals surface area (Å²) in [6.45, 7) is 2.15. The Morgan fingerprint density at radius 1 is 1.60 bits per heavy atom. The summed E-state index contributed by atoms with van der Waals surface area (Å²) >= 11 is 0. The molecule has 0 spiro atoms. The van der Waals surface area contributed by atoms with Gasteiger partial charge in [-0.3, -0.25) is 0 Å². The standard InChI is InChI=1S/C7H16N2O/c1-6(4-5-10)2-3-7(8)9/h2,7,10H,3-5,8-9H2,1H3. The number of hydrogen-bond acceptors (Lipinski definition) is 3. The van der Waals surface area contributed by atoms with Crippen LogP contribution in [0, 0.1) is 0 Å². The van der Waals surface area contributed by atoms with Crippen LogP contribution in [0.1, 0.15) is 19.8 Å². The Bertz CT molecular complexity index is 110. The highest BCUT2D eigenvalue weighted by atomic mass is 16.2. The van der Waals surface area contributed by atoms with Crippen molar-refractivity contribution in [2.75, 3.05) is 6.61 Å². The lowest BCUT2D eigenvalue weighted by Crippen LogP contribution is -2.29. The molecule has 0 aliphatic rings. The van der Waals surface area contributed by atoms with Gasteiger partial charge in [-0.2, -0.15) is 0 Å². The normalized spacial score (nSPS) is 12.7. The molecule has 5 N–H and O–H groups in total. The molecule has 0 fully saturated rings. The zero-order chi connectivity index (χ0) is 7.98. The molecule has 0 amide bonds. The van der Waals surface area contributed by atoms with E-state index in [9.17, 15) is 0 Å². The molecule has 3 heteroatoms. The maximum Gasteiger partial charge on any atom is 0.0556 e. The van der Waals surface area contributed by atoms with E-state index in [1.165, 1.54) is 0 Å². The third-order valence-corrected chi connectivity index (χ3v) is 1.24. The molecule has 0 aliphatic carbocycles. The van der Waals surface area contributed by atoms with Crippen molar-refractivity contribution in [2.24, 2.45) is 11.5 Å². The van der Waals surface area contributed by atoms with Crippen LogP contribution in [-0.4, -0.2) is 17.9 Å². The topological polar surface area (TPSA) is 72.3 Å². The fourth-order valence-corrected chi connectivity index (χ4v) is 0.616. The average molecular weight is 144 g/mol. The first-order chi connectivity index (χ1) is 4.66. The van der Waals surface area contributed by atoms with E-state index in [0.717, 1.165) is 5.57 Å². The van der Waals surface area contributed by atoms with E-state index in [2.05, 4.69) is 0 Å². The fraction of sp³-hybridized carbons (Fsp3) is 0.714. The van der Waals surface area contributed by atoms with Gasteiger partial charge in [0.15, 0.2) is 0 Å². The van der Waals surface area contributed by atoms with E-state index < -0.39 is 0 Å². The molecule has 0 aromatic rings. The van der Waals surface area contributed by atoms with E-state index in [1.54, 1.807) is 0 Å². The van der Waals surface area contributed by atoms with Crippen molar-refractivity contribution in [1.82, 2.24) is 0 Å². The van der Waals surface area contributed by atoms with Crippen molar-refractivity contribution >= 4 is 0 Å². The predicted molar refractivity (Wildman–Crippen MR) is 42.2 cm³/mol. The van der Waals surface area contributed by atoms with Crippen LogP contribution in [0.25, 0.3) is 0 Å². The summed E-state index contributed by atoms with van der Waals surface area (Å²) in [5.41, 5.74) is 11.8.